The molecule has 3 rings (SSSR count). The van der Waals surface area contributed by atoms with Gasteiger partial charge < -0.3 is 24.1 Å². The molecule has 1 amide bonds. The van der Waals surface area contributed by atoms with E-state index in [4.69, 9.17) is 30.3 Å². The van der Waals surface area contributed by atoms with Gasteiger partial charge in [-0.25, -0.2) is 4.79 Å². The van der Waals surface area contributed by atoms with Crippen molar-refractivity contribution >= 4 is 29.2 Å². The van der Waals surface area contributed by atoms with Gasteiger partial charge in [-0.2, -0.15) is 0 Å². The normalized spacial score (nSPS) is 12.1. The molecule has 1 N–H and O–H groups in total. The van der Waals surface area contributed by atoms with Gasteiger partial charge in [-0.15, -0.1) is 0 Å². The Balaban J connectivity index is 1.61. The number of benzene rings is 1. The topological polar surface area (TPSA) is 99.9 Å². The average molecular weight is 353 g/mol. The molecule has 0 saturated heterocycles. The largest absolute Gasteiger partial charge is 0.454 e. The number of aryl methyl sites for hydroxylation is 2. The molecule has 0 saturated carbocycles. The van der Waals surface area contributed by atoms with Crippen LogP contribution in [0.15, 0.2) is 16.7 Å². The van der Waals surface area contributed by atoms with Gasteiger partial charge in [0.05, 0.1) is 16.4 Å². The Hall–Kier alpha value is -2.74. The van der Waals surface area contributed by atoms with Crippen LogP contribution in [0.2, 0.25) is 5.02 Å². The summed E-state index contributed by atoms with van der Waals surface area (Å²) in [4.78, 5) is 23.9. The minimum atomic E-state index is -0.682. The van der Waals surface area contributed by atoms with Gasteiger partial charge in [-0.1, -0.05) is 16.8 Å². The maximum atomic E-state index is 12.0. The summed E-state index contributed by atoms with van der Waals surface area (Å²) < 4.78 is 20.2. The number of esters is 1. The Kier molecular flexibility index (Phi) is 4.30. The molecule has 0 aliphatic carbocycles. The fourth-order valence-electron chi connectivity index (χ4n) is 2.18. The van der Waals surface area contributed by atoms with Crippen molar-refractivity contribution in [3.05, 3.63) is 34.2 Å². The zero-order valence-corrected chi connectivity index (χ0v) is 13.6. The van der Waals surface area contributed by atoms with Gasteiger partial charge >= 0.3 is 5.97 Å². The van der Waals surface area contributed by atoms with E-state index in [1.54, 1.807) is 19.9 Å². The maximum Gasteiger partial charge on any atom is 0.344 e. The number of nitrogens with one attached hydrogen (secondary N) is 1. The van der Waals surface area contributed by atoms with Gasteiger partial charge in [-0.05, 0) is 13.8 Å². The number of carbonyl (C=O) groups is 2. The summed E-state index contributed by atoms with van der Waals surface area (Å²) in [6.07, 6.45) is 0. The summed E-state index contributed by atoms with van der Waals surface area (Å²) in [5.41, 5.74) is 0.944. The van der Waals surface area contributed by atoms with Crippen LogP contribution in [0.5, 0.6) is 11.5 Å². The zero-order chi connectivity index (χ0) is 17.3. The molecule has 0 atom stereocenters. The molecule has 2 heterocycles. The van der Waals surface area contributed by atoms with Crippen molar-refractivity contribution < 1.29 is 28.3 Å². The number of amides is 1. The third kappa shape index (κ3) is 3.13. The number of hydrogen-bond donors (Lipinski definition) is 1. The number of nitrogens with zero attached hydrogens (tertiary/aromatic N) is 1. The Labute approximate surface area is 141 Å². The molecular formula is C15H13ClN2O6. The van der Waals surface area contributed by atoms with Gasteiger partial charge in [-0.3, -0.25) is 4.79 Å². The van der Waals surface area contributed by atoms with Crippen LogP contribution in [0, 0.1) is 13.8 Å². The first-order valence-corrected chi connectivity index (χ1v) is 7.32. The number of ether oxygens (including phenoxy) is 3. The van der Waals surface area contributed by atoms with Crippen LogP contribution in [0.3, 0.4) is 0 Å². The molecule has 126 valence electrons. The molecule has 1 aliphatic rings. The molecule has 9 heteroatoms. The lowest BCUT2D eigenvalue weighted by Gasteiger charge is -2.09. The molecule has 1 aromatic heterocycles. The smallest absolute Gasteiger partial charge is 0.344 e. The van der Waals surface area contributed by atoms with Crippen molar-refractivity contribution in [2.24, 2.45) is 0 Å². The van der Waals surface area contributed by atoms with Crippen LogP contribution < -0.4 is 14.8 Å². The van der Waals surface area contributed by atoms with E-state index in [1.807, 2.05) is 0 Å². The summed E-state index contributed by atoms with van der Waals surface area (Å²) in [6, 6.07) is 3.08. The van der Waals surface area contributed by atoms with Crippen molar-refractivity contribution in [3.63, 3.8) is 0 Å². The SMILES string of the molecule is Cc1noc(C)c1C(=O)OCC(=O)Nc1cc2c(cc1Cl)OCO2. The van der Waals surface area contributed by atoms with Crippen LogP contribution >= 0.6 is 11.6 Å². The third-order valence-corrected chi connectivity index (χ3v) is 3.62. The Morgan fingerprint density at radius 2 is 2.00 bits per heavy atom. The highest BCUT2D eigenvalue weighted by molar-refractivity contribution is 6.34. The van der Waals surface area contributed by atoms with E-state index in [2.05, 4.69) is 10.5 Å². The second-order valence-electron chi connectivity index (χ2n) is 5.01. The first-order chi connectivity index (χ1) is 11.5. The predicted octanol–water partition coefficient (Wildman–Crippen LogP) is 2.47. The molecule has 8 nitrogen and oxygen atoms in total. The highest BCUT2D eigenvalue weighted by Crippen LogP contribution is 2.39. The number of anilines is 1. The minimum absolute atomic E-state index is 0.0954. The van der Waals surface area contributed by atoms with Gasteiger partial charge in [0, 0.05) is 12.1 Å². The van der Waals surface area contributed by atoms with Gasteiger partial charge in [0.1, 0.15) is 11.3 Å². The average Bonchev–Trinajstić information content (AvgIpc) is 3.11. The van der Waals surface area contributed by atoms with Crippen molar-refractivity contribution in [1.82, 2.24) is 5.16 Å². The van der Waals surface area contributed by atoms with Crippen molar-refractivity contribution in [2.75, 3.05) is 18.7 Å². The lowest BCUT2D eigenvalue weighted by atomic mass is 10.2. The summed E-state index contributed by atoms with van der Waals surface area (Å²) >= 11 is 6.06. The molecular weight excluding hydrogens is 340 g/mol. The second-order valence-corrected chi connectivity index (χ2v) is 5.42. The fraction of sp³-hybridized carbons (Fsp3) is 0.267. The van der Waals surface area contributed by atoms with Crippen molar-refractivity contribution in [2.45, 2.75) is 13.8 Å². The van der Waals surface area contributed by atoms with E-state index in [0.717, 1.165) is 0 Å². The summed E-state index contributed by atoms with van der Waals surface area (Å²) in [5.74, 6) is 0.0797. The van der Waals surface area contributed by atoms with E-state index in [9.17, 15) is 9.59 Å². The molecule has 0 spiro atoms. The lowest BCUT2D eigenvalue weighted by molar-refractivity contribution is -0.119. The Morgan fingerprint density at radius 3 is 2.67 bits per heavy atom. The number of rotatable bonds is 4. The van der Waals surface area contributed by atoms with E-state index in [1.165, 1.54) is 6.07 Å². The quantitative estimate of drug-likeness (QED) is 0.843. The molecule has 0 bridgehead atoms. The highest BCUT2D eigenvalue weighted by atomic mass is 35.5. The maximum absolute atomic E-state index is 12.0. The van der Waals surface area contributed by atoms with Gasteiger partial charge in [0.15, 0.2) is 18.1 Å². The first-order valence-electron chi connectivity index (χ1n) is 6.94. The Morgan fingerprint density at radius 1 is 1.29 bits per heavy atom. The zero-order valence-electron chi connectivity index (χ0n) is 12.8. The molecule has 0 unspecified atom stereocenters. The number of aromatic nitrogens is 1. The van der Waals surface area contributed by atoms with Crippen LogP contribution in [0.25, 0.3) is 0 Å². The highest BCUT2D eigenvalue weighted by Gasteiger charge is 2.21. The van der Waals surface area contributed by atoms with Crippen LogP contribution in [-0.4, -0.2) is 30.4 Å². The molecule has 2 aromatic rings. The predicted molar refractivity (Wildman–Crippen MR) is 82.5 cm³/mol. The Bertz CT molecular complexity index is 797. The minimum Gasteiger partial charge on any atom is -0.454 e. The standard InChI is InChI=1S/C15H13ClN2O6/c1-7-14(8(2)24-18-7)15(20)21-5-13(19)17-10-4-12-11(3-9(10)16)22-6-23-12/h3-4H,5-6H2,1-2H3,(H,17,19). The van der Waals surface area contributed by atoms with Gasteiger partial charge in [0.2, 0.25) is 6.79 Å². The lowest BCUT2D eigenvalue weighted by Crippen LogP contribution is -2.21. The van der Waals surface area contributed by atoms with Crippen LogP contribution in [-0.2, 0) is 9.53 Å². The second kappa shape index (κ2) is 6.40. The molecule has 0 fully saturated rings. The number of hydrogen-bond acceptors (Lipinski definition) is 7. The fourth-order valence-corrected chi connectivity index (χ4v) is 2.38. The van der Waals surface area contributed by atoms with Gasteiger partial charge in [0.25, 0.3) is 5.91 Å². The number of fused-ring (bicyclic) bond motifs is 1. The first kappa shape index (κ1) is 16.1. The summed E-state index contributed by atoms with van der Waals surface area (Å²) in [7, 11) is 0. The van der Waals surface area contributed by atoms with E-state index >= 15 is 0 Å². The van der Waals surface area contributed by atoms with E-state index in [0.29, 0.717) is 28.6 Å². The monoisotopic (exact) mass is 352 g/mol. The van der Waals surface area contributed by atoms with E-state index in [-0.39, 0.29) is 17.4 Å². The third-order valence-electron chi connectivity index (χ3n) is 3.31. The summed E-state index contributed by atoms with van der Waals surface area (Å²) in [5, 5.41) is 6.49. The van der Waals surface area contributed by atoms with Crippen molar-refractivity contribution in [1.29, 1.82) is 0 Å². The number of halogens is 1. The number of carbonyl (C=O) groups excluding carboxylic acids is 2. The molecule has 24 heavy (non-hydrogen) atoms. The molecule has 1 aliphatic heterocycles. The van der Waals surface area contributed by atoms with Crippen LogP contribution in [0.1, 0.15) is 21.8 Å². The molecule has 0 radical (unpaired) electrons. The van der Waals surface area contributed by atoms with Crippen molar-refractivity contribution in [3.8, 4) is 11.5 Å². The summed E-state index contributed by atoms with van der Waals surface area (Å²) in [6.45, 7) is 2.81. The van der Waals surface area contributed by atoms with Crippen LogP contribution in [0.4, 0.5) is 5.69 Å². The van der Waals surface area contributed by atoms with E-state index < -0.39 is 18.5 Å². The molecule has 1 aromatic carbocycles.